The molecular formula is C15H18N4. The Labute approximate surface area is 113 Å². The van der Waals surface area contributed by atoms with Gasteiger partial charge in [0.2, 0.25) is 0 Å². The Morgan fingerprint density at radius 3 is 2.47 bits per heavy atom. The number of para-hydroxylation sites is 2. The first-order valence-corrected chi connectivity index (χ1v) is 6.49. The van der Waals surface area contributed by atoms with Crippen LogP contribution >= 0.6 is 0 Å². The standard InChI is InChI=1S/C13H12N4.C2H6/c1-9-7-13(15-8-14-9)17-10(2)16-11-5-3-4-6-12(11)17;1-2/h3-8H,1-2H3;1-2H3. The minimum atomic E-state index is 0.865. The van der Waals surface area contributed by atoms with Crippen molar-refractivity contribution in [1.82, 2.24) is 19.5 Å². The fourth-order valence-corrected chi connectivity index (χ4v) is 2.00. The van der Waals surface area contributed by atoms with Crippen LogP contribution in [0.5, 0.6) is 0 Å². The average Bonchev–Trinajstić information content (AvgIpc) is 2.77. The highest BCUT2D eigenvalue weighted by Gasteiger charge is 2.09. The molecule has 0 radical (unpaired) electrons. The lowest BCUT2D eigenvalue weighted by molar-refractivity contribution is 0.932. The molecule has 0 N–H and O–H groups in total. The van der Waals surface area contributed by atoms with Crippen LogP contribution in [0.25, 0.3) is 16.9 Å². The molecule has 0 amide bonds. The summed E-state index contributed by atoms with van der Waals surface area (Å²) in [6.45, 7) is 7.94. The number of nitrogens with zero attached hydrogens (tertiary/aromatic N) is 4. The monoisotopic (exact) mass is 254 g/mol. The molecule has 0 atom stereocenters. The van der Waals surface area contributed by atoms with Crippen LogP contribution in [0, 0.1) is 13.8 Å². The van der Waals surface area contributed by atoms with Crippen molar-refractivity contribution in [2.75, 3.05) is 0 Å². The highest BCUT2D eigenvalue weighted by Crippen LogP contribution is 2.19. The molecule has 0 bridgehead atoms. The van der Waals surface area contributed by atoms with E-state index in [0.717, 1.165) is 28.4 Å². The maximum atomic E-state index is 4.52. The molecule has 3 rings (SSSR count). The topological polar surface area (TPSA) is 43.6 Å². The third kappa shape index (κ3) is 2.47. The van der Waals surface area contributed by atoms with Crippen LogP contribution in [-0.4, -0.2) is 19.5 Å². The summed E-state index contributed by atoms with van der Waals surface area (Å²) in [6, 6.07) is 10.0. The van der Waals surface area contributed by atoms with Crippen LogP contribution in [0.3, 0.4) is 0 Å². The summed E-state index contributed by atoms with van der Waals surface area (Å²) in [4.78, 5) is 12.9. The Morgan fingerprint density at radius 1 is 1.00 bits per heavy atom. The lowest BCUT2D eigenvalue weighted by atomic mass is 10.3. The number of rotatable bonds is 1. The van der Waals surface area contributed by atoms with Crippen molar-refractivity contribution in [3.8, 4) is 5.82 Å². The second-order valence-electron chi connectivity index (χ2n) is 4.00. The number of benzene rings is 1. The van der Waals surface area contributed by atoms with Gasteiger partial charge in [-0.05, 0) is 26.0 Å². The van der Waals surface area contributed by atoms with Crippen molar-refractivity contribution in [1.29, 1.82) is 0 Å². The molecule has 4 heteroatoms. The zero-order valence-electron chi connectivity index (χ0n) is 11.8. The summed E-state index contributed by atoms with van der Waals surface area (Å²) in [7, 11) is 0. The van der Waals surface area contributed by atoms with E-state index >= 15 is 0 Å². The van der Waals surface area contributed by atoms with Crippen molar-refractivity contribution < 1.29 is 0 Å². The smallest absolute Gasteiger partial charge is 0.142 e. The van der Waals surface area contributed by atoms with E-state index in [0.29, 0.717) is 0 Å². The van der Waals surface area contributed by atoms with Crippen LogP contribution in [0.15, 0.2) is 36.7 Å². The zero-order valence-corrected chi connectivity index (χ0v) is 11.8. The summed E-state index contributed by atoms with van der Waals surface area (Å²) in [5, 5.41) is 0. The number of imidazole rings is 1. The van der Waals surface area contributed by atoms with Gasteiger partial charge in [0.05, 0.1) is 11.0 Å². The summed E-state index contributed by atoms with van der Waals surface area (Å²) in [5.74, 6) is 1.80. The molecule has 98 valence electrons. The highest BCUT2D eigenvalue weighted by molar-refractivity contribution is 5.77. The quantitative estimate of drug-likeness (QED) is 0.668. The Morgan fingerprint density at radius 2 is 1.74 bits per heavy atom. The molecule has 0 saturated carbocycles. The normalized spacial score (nSPS) is 10.1. The molecule has 0 spiro atoms. The van der Waals surface area contributed by atoms with Crippen molar-refractivity contribution in [2.24, 2.45) is 0 Å². The Balaban J connectivity index is 0.000000637. The molecule has 0 unspecified atom stereocenters. The van der Waals surface area contributed by atoms with Crippen LogP contribution < -0.4 is 0 Å². The van der Waals surface area contributed by atoms with Gasteiger partial charge in [0.15, 0.2) is 0 Å². The molecule has 0 aliphatic heterocycles. The second kappa shape index (κ2) is 5.61. The van der Waals surface area contributed by atoms with E-state index in [4.69, 9.17) is 0 Å². The Hall–Kier alpha value is -2.23. The Kier molecular flexibility index (Phi) is 3.90. The summed E-state index contributed by atoms with van der Waals surface area (Å²) in [5.41, 5.74) is 3.01. The fraction of sp³-hybridized carbons (Fsp3) is 0.267. The maximum Gasteiger partial charge on any atom is 0.142 e. The van der Waals surface area contributed by atoms with Gasteiger partial charge in [-0.1, -0.05) is 26.0 Å². The van der Waals surface area contributed by atoms with E-state index in [2.05, 4.69) is 15.0 Å². The molecule has 2 heterocycles. The molecule has 1 aromatic carbocycles. The first-order valence-electron chi connectivity index (χ1n) is 6.49. The number of fused-ring (bicyclic) bond motifs is 1. The van der Waals surface area contributed by atoms with Gasteiger partial charge in [0.25, 0.3) is 0 Å². The first kappa shape index (κ1) is 13.2. The van der Waals surface area contributed by atoms with Gasteiger partial charge in [-0.2, -0.15) is 0 Å². The van der Waals surface area contributed by atoms with E-state index < -0.39 is 0 Å². The molecular weight excluding hydrogens is 236 g/mol. The highest BCUT2D eigenvalue weighted by atomic mass is 15.1. The molecule has 2 aromatic heterocycles. The van der Waals surface area contributed by atoms with E-state index in [-0.39, 0.29) is 0 Å². The second-order valence-corrected chi connectivity index (χ2v) is 4.00. The summed E-state index contributed by atoms with van der Waals surface area (Å²) < 4.78 is 2.05. The van der Waals surface area contributed by atoms with E-state index in [9.17, 15) is 0 Å². The largest absolute Gasteiger partial charge is 0.280 e. The molecule has 4 nitrogen and oxygen atoms in total. The van der Waals surface area contributed by atoms with Gasteiger partial charge in [-0.3, -0.25) is 4.57 Å². The molecule has 3 aromatic rings. The lowest BCUT2D eigenvalue weighted by Gasteiger charge is -2.05. The van der Waals surface area contributed by atoms with Crippen LogP contribution in [0.4, 0.5) is 0 Å². The fourth-order valence-electron chi connectivity index (χ4n) is 2.00. The summed E-state index contributed by atoms with van der Waals surface area (Å²) in [6.07, 6.45) is 1.58. The van der Waals surface area contributed by atoms with Crippen molar-refractivity contribution in [3.63, 3.8) is 0 Å². The van der Waals surface area contributed by atoms with E-state index in [1.807, 2.05) is 62.6 Å². The molecule has 0 saturated heterocycles. The first-order chi connectivity index (χ1) is 9.25. The molecule has 19 heavy (non-hydrogen) atoms. The third-order valence-corrected chi connectivity index (χ3v) is 2.75. The summed E-state index contributed by atoms with van der Waals surface area (Å²) >= 11 is 0. The van der Waals surface area contributed by atoms with Gasteiger partial charge in [0.1, 0.15) is 18.0 Å². The minimum Gasteiger partial charge on any atom is -0.280 e. The van der Waals surface area contributed by atoms with Crippen molar-refractivity contribution in [2.45, 2.75) is 27.7 Å². The molecule has 0 aliphatic carbocycles. The zero-order chi connectivity index (χ0) is 13.8. The van der Waals surface area contributed by atoms with Crippen molar-refractivity contribution >= 4 is 11.0 Å². The van der Waals surface area contributed by atoms with Gasteiger partial charge in [-0.15, -0.1) is 0 Å². The van der Waals surface area contributed by atoms with Crippen LogP contribution in [0.2, 0.25) is 0 Å². The van der Waals surface area contributed by atoms with E-state index in [1.165, 1.54) is 0 Å². The molecule has 0 aliphatic rings. The molecule has 0 fully saturated rings. The average molecular weight is 254 g/mol. The third-order valence-electron chi connectivity index (χ3n) is 2.75. The number of hydrogen-bond acceptors (Lipinski definition) is 3. The van der Waals surface area contributed by atoms with Crippen molar-refractivity contribution in [3.05, 3.63) is 48.2 Å². The number of hydrogen-bond donors (Lipinski definition) is 0. The Bertz CT molecular complexity index is 685. The van der Waals surface area contributed by atoms with Gasteiger partial charge in [-0.25, -0.2) is 15.0 Å². The maximum absolute atomic E-state index is 4.52. The van der Waals surface area contributed by atoms with Gasteiger partial charge < -0.3 is 0 Å². The van der Waals surface area contributed by atoms with Crippen LogP contribution in [0.1, 0.15) is 25.4 Å². The van der Waals surface area contributed by atoms with Crippen LogP contribution in [-0.2, 0) is 0 Å². The minimum absolute atomic E-state index is 0.865. The van der Waals surface area contributed by atoms with Gasteiger partial charge >= 0.3 is 0 Å². The predicted molar refractivity (Wildman–Crippen MR) is 77.5 cm³/mol. The van der Waals surface area contributed by atoms with Gasteiger partial charge in [0, 0.05) is 11.8 Å². The number of aromatic nitrogens is 4. The lowest BCUT2D eigenvalue weighted by Crippen LogP contribution is -2.00. The van der Waals surface area contributed by atoms with E-state index in [1.54, 1.807) is 6.33 Å². The number of aryl methyl sites for hydroxylation is 2. The SMILES string of the molecule is CC.Cc1cc(-n2c(C)nc3ccccc32)ncn1. The predicted octanol–water partition coefficient (Wildman–Crippen LogP) is 3.46.